The van der Waals surface area contributed by atoms with Gasteiger partial charge in [0.1, 0.15) is 5.60 Å². The highest BCUT2D eigenvalue weighted by atomic mass is 19.4. The molecule has 0 rings (SSSR count). The van der Waals surface area contributed by atoms with Crippen molar-refractivity contribution in [2.75, 3.05) is 13.6 Å². The standard InChI is InChI=1S/C10H18F3NO3/c1-9(2,3)17-8(16)14(4)6-5-7(15)10(11,12)13/h7,15H,5-6H2,1-4H3/t7-/m1/s1. The molecule has 0 fully saturated rings. The minimum atomic E-state index is -4.66. The first kappa shape index (κ1) is 16.0. The molecule has 0 aromatic rings. The fourth-order valence-corrected chi connectivity index (χ4v) is 0.911. The number of amides is 1. The predicted octanol–water partition coefficient (Wildman–Crippen LogP) is 2.17. The van der Waals surface area contributed by atoms with Gasteiger partial charge in [0.2, 0.25) is 0 Å². The van der Waals surface area contributed by atoms with Crippen molar-refractivity contribution >= 4 is 6.09 Å². The van der Waals surface area contributed by atoms with E-state index in [0.717, 1.165) is 4.90 Å². The monoisotopic (exact) mass is 257 g/mol. The number of aliphatic hydroxyl groups excluding tert-OH is 1. The van der Waals surface area contributed by atoms with Crippen LogP contribution in [0.25, 0.3) is 0 Å². The summed E-state index contributed by atoms with van der Waals surface area (Å²) in [4.78, 5) is 12.4. The third-order valence-electron chi connectivity index (χ3n) is 1.82. The number of ether oxygens (including phenoxy) is 1. The van der Waals surface area contributed by atoms with E-state index in [4.69, 9.17) is 9.84 Å². The van der Waals surface area contributed by atoms with Crippen LogP contribution in [0, 0.1) is 0 Å². The van der Waals surface area contributed by atoms with E-state index in [2.05, 4.69) is 0 Å². The Morgan fingerprint density at radius 1 is 1.35 bits per heavy atom. The van der Waals surface area contributed by atoms with E-state index in [0.29, 0.717) is 0 Å². The molecule has 0 unspecified atom stereocenters. The van der Waals surface area contributed by atoms with Gasteiger partial charge in [0, 0.05) is 13.6 Å². The molecule has 0 heterocycles. The average Bonchev–Trinajstić information content (AvgIpc) is 2.08. The quantitative estimate of drug-likeness (QED) is 0.843. The number of alkyl halides is 3. The van der Waals surface area contributed by atoms with E-state index in [1.807, 2.05) is 0 Å². The molecular formula is C10H18F3NO3. The number of rotatable bonds is 3. The maximum absolute atomic E-state index is 12.0. The molecule has 0 saturated carbocycles. The zero-order valence-electron chi connectivity index (χ0n) is 10.3. The first-order chi connectivity index (χ1) is 7.43. The molecule has 102 valence electrons. The maximum Gasteiger partial charge on any atom is 0.414 e. The second-order valence-corrected chi connectivity index (χ2v) is 4.75. The molecule has 0 spiro atoms. The van der Waals surface area contributed by atoms with Gasteiger partial charge in [0.05, 0.1) is 0 Å². The maximum atomic E-state index is 12.0. The second-order valence-electron chi connectivity index (χ2n) is 4.75. The van der Waals surface area contributed by atoms with Crippen LogP contribution in [-0.4, -0.2) is 47.6 Å². The summed E-state index contributed by atoms with van der Waals surface area (Å²) < 4.78 is 40.9. The fourth-order valence-electron chi connectivity index (χ4n) is 0.911. The minimum absolute atomic E-state index is 0.227. The van der Waals surface area contributed by atoms with Crippen LogP contribution in [0.15, 0.2) is 0 Å². The number of carbonyl (C=O) groups is 1. The Balaban J connectivity index is 4.11. The number of hydrogen-bond donors (Lipinski definition) is 1. The van der Waals surface area contributed by atoms with Crippen molar-refractivity contribution in [3.8, 4) is 0 Å². The SMILES string of the molecule is CN(CC[C@@H](O)C(F)(F)F)C(=O)OC(C)(C)C. The summed E-state index contributed by atoms with van der Waals surface area (Å²) in [6, 6.07) is 0. The molecule has 0 aliphatic rings. The van der Waals surface area contributed by atoms with Gasteiger partial charge in [-0.3, -0.25) is 0 Å². The number of carbonyl (C=O) groups excluding carboxylic acids is 1. The van der Waals surface area contributed by atoms with Crippen molar-refractivity contribution in [3.63, 3.8) is 0 Å². The third-order valence-corrected chi connectivity index (χ3v) is 1.82. The molecular weight excluding hydrogens is 239 g/mol. The third kappa shape index (κ3) is 7.04. The van der Waals surface area contributed by atoms with E-state index in [-0.39, 0.29) is 6.54 Å². The van der Waals surface area contributed by atoms with Gasteiger partial charge in [-0.05, 0) is 27.2 Å². The molecule has 0 aliphatic heterocycles. The molecule has 4 nitrogen and oxygen atoms in total. The van der Waals surface area contributed by atoms with Gasteiger partial charge < -0.3 is 14.7 Å². The van der Waals surface area contributed by atoms with Crippen molar-refractivity contribution < 1.29 is 27.8 Å². The molecule has 0 saturated heterocycles. The summed E-state index contributed by atoms with van der Waals surface area (Å²) >= 11 is 0. The molecule has 0 aromatic carbocycles. The van der Waals surface area contributed by atoms with Gasteiger partial charge in [-0.25, -0.2) is 4.79 Å². The first-order valence-corrected chi connectivity index (χ1v) is 5.12. The number of nitrogens with zero attached hydrogens (tertiary/aromatic N) is 1. The van der Waals surface area contributed by atoms with Crippen LogP contribution in [0.2, 0.25) is 0 Å². The molecule has 0 aliphatic carbocycles. The number of hydrogen-bond acceptors (Lipinski definition) is 3. The highest BCUT2D eigenvalue weighted by molar-refractivity contribution is 5.67. The minimum Gasteiger partial charge on any atom is -0.444 e. The van der Waals surface area contributed by atoms with Crippen molar-refractivity contribution in [3.05, 3.63) is 0 Å². The van der Waals surface area contributed by atoms with Crippen LogP contribution in [0.3, 0.4) is 0 Å². The van der Waals surface area contributed by atoms with Crippen LogP contribution in [-0.2, 0) is 4.74 Å². The lowest BCUT2D eigenvalue weighted by molar-refractivity contribution is -0.205. The zero-order chi connectivity index (χ0) is 13.9. The summed E-state index contributed by atoms with van der Waals surface area (Å²) in [6.07, 6.45) is -8.37. The number of halogens is 3. The Morgan fingerprint density at radius 2 is 1.82 bits per heavy atom. The van der Waals surface area contributed by atoms with Crippen molar-refractivity contribution in [1.29, 1.82) is 0 Å². The molecule has 0 aromatic heterocycles. The molecule has 0 bridgehead atoms. The van der Waals surface area contributed by atoms with Crippen LogP contribution in [0.4, 0.5) is 18.0 Å². The summed E-state index contributed by atoms with van der Waals surface area (Å²) in [5.74, 6) is 0. The van der Waals surface area contributed by atoms with Gasteiger partial charge in [-0.15, -0.1) is 0 Å². The Morgan fingerprint density at radius 3 is 2.18 bits per heavy atom. The Bertz CT molecular complexity index is 261. The van der Waals surface area contributed by atoms with Gasteiger partial charge in [0.15, 0.2) is 6.10 Å². The van der Waals surface area contributed by atoms with Crippen LogP contribution in [0.5, 0.6) is 0 Å². The molecule has 1 amide bonds. The Labute approximate surface area is 98.3 Å². The second kappa shape index (κ2) is 5.57. The Hall–Kier alpha value is -0.980. The van der Waals surface area contributed by atoms with Crippen molar-refractivity contribution in [2.24, 2.45) is 0 Å². The summed E-state index contributed by atoms with van der Waals surface area (Å²) in [6.45, 7) is 4.74. The summed E-state index contributed by atoms with van der Waals surface area (Å²) in [7, 11) is 1.32. The van der Waals surface area contributed by atoms with Crippen LogP contribution >= 0.6 is 0 Å². The average molecular weight is 257 g/mol. The van der Waals surface area contributed by atoms with Crippen LogP contribution < -0.4 is 0 Å². The fraction of sp³-hybridized carbons (Fsp3) is 0.900. The van der Waals surface area contributed by atoms with E-state index in [1.165, 1.54) is 7.05 Å². The lowest BCUT2D eigenvalue weighted by Gasteiger charge is -2.25. The van der Waals surface area contributed by atoms with Crippen molar-refractivity contribution in [2.45, 2.75) is 45.1 Å². The summed E-state index contributed by atoms with van der Waals surface area (Å²) in [5.41, 5.74) is -0.700. The lowest BCUT2D eigenvalue weighted by Crippen LogP contribution is -2.38. The zero-order valence-corrected chi connectivity index (χ0v) is 10.3. The summed E-state index contributed by atoms with van der Waals surface area (Å²) in [5, 5.41) is 8.75. The topological polar surface area (TPSA) is 49.8 Å². The molecule has 7 heteroatoms. The first-order valence-electron chi connectivity index (χ1n) is 5.12. The smallest absolute Gasteiger partial charge is 0.414 e. The van der Waals surface area contributed by atoms with Gasteiger partial charge in [-0.1, -0.05) is 0 Å². The Kier molecular flexibility index (Phi) is 5.25. The molecule has 1 N–H and O–H groups in total. The van der Waals surface area contributed by atoms with Crippen molar-refractivity contribution in [1.82, 2.24) is 4.90 Å². The molecule has 1 atom stereocenters. The van der Waals surface area contributed by atoms with Gasteiger partial charge in [0.25, 0.3) is 0 Å². The van der Waals surface area contributed by atoms with Gasteiger partial charge >= 0.3 is 12.3 Å². The van der Waals surface area contributed by atoms with Gasteiger partial charge in [-0.2, -0.15) is 13.2 Å². The van der Waals surface area contributed by atoms with Crippen LogP contribution in [0.1, 0.15) is 27.2 Å². The lowest BCUT2D eigenvalue weighted by atomic mass is 10.2. The number of aliphatic hydroxyl groups is 1. The normalized spacial score (nSPS) is 14.4. The molecule has 17 heavy (non-hydrogen) atoms. The predicted molar refractivity (Wildman–Crippen MR) is 55.5 cm³/mol. The molecule has 0 radical (unpaired) electrons. The highest BCUT2D eigenvalue weighted by Crippen LogP contribution is 2.22. The highest BCUT2D eigenvalue weighted by Gasteiger charge is 2.38. The van der Waals surface area contributed by atoms with E-state index >= 15 is 0 Å². The van der Waals surface area contributed by atoms with E-state index in [1.54, 1.807) is 20.8 Å². The van der Waals surface area contributed by atoms with E-state index < -0.39 is 30.4 Å². The largest absolute Gasteiger partial charge is 0.444 e. The van der Waals surface area contributed by atoms with E-state index in [9.17, 15) is 18.0 Å².